The third-order valence-electron chi connectivity index (χ3n) is 3.09. The molecule has 0 bridgehead atoms. The Kier molecular flexibility index (Phi) is 3.48. The zero-order valence-electron chi connectivity index (χ0n) is 10.9. The minimum atomic E-state index is -3.70. The van der Waals surface area contributed by atoms with Gasteiger partial charge in [-0.25, -0.2) is 4.98 Å². The van der Waals surface area contributed by atoms with Crippen LogP contribution in [0.3, 0.4) is 0 Å². The van der Waals surface area contributed by atoms with Gasteiger partial charge >= 0.3 is 0 Å². The standard InChI is InChI=1S/C11H15N5O2S2/c1-7-9(6-13-8-2-3-8)10(15-14-7)20(17,18)16-11-12-4-5-19-11/h4-5,8,13H,2-3,6H2,1H3,(H,12,16)(H,14,15). The summed E-state index contributed by atoms with van der Waals surface area (Å²) in [6, 6.07) is 0.506. The van der Waals surface area contributed by atoms with Crippen LogP contribution < -0.4 is 10.0 Å². The van der Waals surface area contributed by atoms with E-state index in [4.69, 9.17) is 0 Å². The van der Waals surface area contributed by atoms with Crippen molar-refractivity contribution in [3.05, 3.63) is 22.8 Å². The first kappa shape index (κ1) is 13.5. The Labute approximate surface area is 120 Å². The Balaban J connectivity index is 1.84. The Morgan fingerprint density at radius 2 is 2.30 bits per heavy atom. The summed E-state index contributed by atoms with van der Waals surface area (Å²) >= 11 is 1.23. The number of nitrogens with zero attached hydrogens (tertiary/aromatic N) is 2. The SMILES string of the molecule is Cc1[nH]nc(S(=O)(=O)Nc2nccs2)c1CNC1CC1. The van der Waals surface area contributed by atoms with Crippen molar-refractivity contribution in [3.8, 4) is 0 Å². The van der Waals surface area contributed by atoms with Crippen LogP contribution in [0.1, 0.15) is 24.1 Å². The van der Waals surface area contributed by atoms with Crippen LogP contribution in [0.15, 0.2) is 16.6 Å². The maximum atomic E-state index is 12.3. The van der Waals surface area contributed by atoms with Gasteiger partial charge in [-0.05, 0) is 19.8 Å². The van der Waals surface area contributed by atoms with Gasteiger partial charge in [-0.2, -0.15) is 13.5 Å². The van der Waals surface area contributed by atoms with Gasteiger partial charge in [-0.15, -0.1) is 11.3 Å². The van der Waals surface area contributed by atoms with E-state index in [1.807, 2.05) is 6.92 Å². The number of sulfonamides is 1. The quantitative estimate of drug-likeness (QED) is 0.745. The van der Waals surface area contributed by atoms with Crippen LogP contribution in [-0.2, 0) is 16.6 Å². The van der Waals surface area contributed by atoms with E-state index < -0.39 is 10.0 Å². The van der Waals surface area contributed by atoms with E-state index in [2.05, 4.69) is 25.2 Å². The molecule has 1 aliphatic carbocycles. The smallest absolute Gasteiger partial charge is 0.283 e. The van der Waals surface area contributed by atoms with Gasteiger partial charge in [0.15, 0.2) is 5.13 Å². The highest BCUT2D eigenvalue weighted by atomic mass is 32.2. The van der Waals surface area contributed by atoms with Crippen molar-refractivity contribution in [2.45, 2.75) is 37.4 Å². The van der Waals surface area contributed by atoms with Crippen LogP contribution in [0.2, 0.25) is 0 Å². The summed E-state index contributed by atoms with van der Waals surface area (Å²) in [5.41, 5.74) is 1.44. The molecular weight excluding hydrogens is 298 g/mol. The molecule has 0 aliphatic heterocycles. The molecule has 9 heteroatoms. The van der Waals surface area contributed by atoms with Gasteiger partial charge in [0, 0.05) is 35.4 Å². The lowest BCUT2D eigenvalue weighted by Crippen LogP contribution is -2.20. The molecule has 20 heavy (non-hydrogen) atoms. The number of hydrogen-bond donors (Lipinski definition) is 3. The Morgan fingerprint density at radius 1 is 1.50 bits per heavy atom. The summed E-state index contributed by atoms with van der Waals surface area (Å²) in [4.78, 5) is 3.92. The number of nitrogens with one attached hydrogen (secondary N) is 3. The molecule has 3 N–H and O–H groups in total. The van der Waals surface area contributed by atoms with E-state index in [1.54, 1.807) is 11.6 Å². The van der Waals surface area contributed by atoms with E-state index in [9.17, 15) is 8.42 Å². The Bertz CT molecular complexity index is 688. The number of aryl methyl sites for hydroxylation is 1. The predicted octanol–water partition coefficient (Wildman–Crippen LogP) is 1.23. The second-order valence-electron chi connectivity index (χ2n) is 4.73. The second-order valence-corrected chi connectivity index (χ2v) is 7.22. The Hall–Kier alpha value is -1.45. The van der Waals surface area contributed by atoms with Gasteiger partial charge in [0.1, 0.15) is 0 Å². The predicted molar refractivity (Wildman–Crippen MR) is 76.1 cm³/mol. The molecule has 0 aromatic carbocycles. The molecule has 1 saturated carbocycles. The van der Waals surface area contributed by atoms with Crippen LogP contribution in [0.5, 0.6) is 0 Å². The van der Waals surface area contributed by atoms with Crippen LogP contribution >= 0.6 is 11.3 Å². The average Bonchev–Trinajstić information content (AvgIpc) is 2.94. The van der Waals surface area contributed by atoms with E-state index >= 15 is 0 Å². The van der Waals surface area contributed by atoms with E-state index in [0.717, 1.165) is 18.5 Å². The molecule has 0 spiro atoms. The number of anilines is 1. The van der Waals surface area contributed by atoms with Crippen molar-refractivity contribution in [2.24, 2.45) is 0 Å². The monoisotopic (exact) mass is 313 g/mol. The number of rotatable bonds is 6. The van der Waals surface area contributed by atoms with Crippen molar-refractivity contribution in [1.29, 1.82) is 0 Å². The van der Waals surface area contributed by atoms with Crippen molar-refractivity contribution in [2.75, 3.05) is 4.72 Å². The topological polar surface area (TPSA) is 99.8 Å². The van der Waals surface area contributed by atoms with Crippen molar-refractivity contribution in [1.82, 2.24) is 20.5 Å². The molecule has 0 amide bonds. The fourth-order valence-electron chi connectivity index (χ4n) is 1.83. The van der Waals surface area contributed by atoms with Gasteiger partial charge in [-0.1, -0.05) is 0 Å². The largest absolute Gasteiger partial charge is 0.310 e. The molecule has 2 aromatic rings. The summed E-state index contributed by atoms with van der Waals surface area (Å²) in [6.45, 7) is 2.32. The molecule has 1 fully saturated rings. The molecular formula is C11H15N5O2S2. The first-order chi connectivity index (χ1) is 9.56. The van der Waals surface area contributed by atoms with Crippen LogP contribution in [-0.4, -0.2) is 29.6 Å². The fourth-order valence-corrected chi connectivity index (χ4v) is 3.82. The highest BCUT2D eigenvalue weighted by Gasteiger charge is 2.27. The van der Waals surface area contributed by atoms with E-state index in [-0.39, 0.29) is 5.03 Å². The van der Waals surface area contributed by atoms with Crippen LogP contribution in [0.4, 0.5) is 5.13 Å². The summed E-state index contributed by atoms with van der Waals surface area (Å²) in [5, 5.41) is 12.1. The fraction of sp³-hybridized carbons (Fsp3) is 0.455. The molecule has 2 aromatic heterocycles. The highest BCUT2D eigenvalue weighted by molar-refractivity contribution is 7.92. The van der Waals surface area contributed by atoms with Gasteiger partial charge in [0.2, 0.25) is 5.03 Å². The number of H-pyrrole nitrogens is 1. The molecule has 2 heterocycles. The van der Waals surface area contributed by atoms with Gasteiger partial charge < -0.3 is 5.32 Å². The molecule has 108 valence electrons. The van der Waals surface area contributed by atoms with E-state index in [1.165, 1.54) is 11.3 Å². The van der Waals surface area contributed by atoms with Crippen LogP contribution in [0, 0.1) is 6.92 Å². The van der Waals surface area contributed by atoms with Gasteiger partial charge in [0.25, 0.3) is 10.0 Å². The number of thiazole rings is 1. The first-order valence-corrected chi connectivity index (χ1v) is 8.62. The first-order valence-electron chi connectivity index (χ1n) is 6.26. The molecule has 7 nitrogen and oxygen atoms in total. The number of aromatic amines is 1. The lowest BCUT2D eigenvalue weighted by atomic mass is 10.2. The second kappa shape index (κ2) is 5.15. The molecule has 0 radical (unpaired) electrons. The Morgan fingerprint density at radius 3 is 2.95 bits per heavy atom. The molecule has 3 rings (SSSR count). The lowest BCUT2D eigenvalue weighted by Gasteiger charge is -2.06. The summed E-state index contributed by atoms with van der Waals surface area (Å²) < 4.78 is 27.1. The average molecular weight is 313 g/mol. The zero-order valence-corrected chi connectivity index (χ0v) is 12.5. The normalized spacial score (nSPS) is 15.4. The summed E-state index contributed by atoms with van der Waals surface area (Å²) in [6.07, 6.45) is 3.85. The zero-order chi connectivity index (χ0) is 14.2. The third kappa shape index (κ3) is 2.84. The minimum Gasteiger partial charge on any atom is -0.310 e. The summed E-state index contributed by atoms with van der Waals surface area (Å²) in [7, 11) is -3.70. The number of hydrogen-bond acceptors (Lipinski definition) is 6. The highest BCUT2D eigenvalue weighted by Crippen LogP contribution is 2.23. The van der Waals surface area contributed by atoms with E-state index in [0.29, 0.717) is 23.3 Å². The third-order valence-corrected chi connectivity index (χ3v) is 5.22. The van der Waals surface area contributed by atoms with Gasteiger partial charge in [0.05, 0.1) is 0 Å². The molecule has 1 aliphatic rings. The number of aromatic nitrogens is 3. The molecule has 0 saturated heterocycles. The molecule has 0 unspecified atom stereocenters. The minimum absolute atomic E-state index is 0.0401. The summed E-state index contributed by atoms with van der Waals surface area (Å²) in [5.74, 6) is 0. The van der Waals surface area contributed by atoms with Crippen LogP contribution in [0.25, 0.3) is 0 Å². The maximum absolute atomic E-state index is 12.3. The lowest BCUT2D eigenvalue weighted by molar-refractivity contribution is 0.593. The van der Waals surface area contributed by atoms with Gasteiger partial charge in [-0.3, -0.25) is 9.82 Å². The van der Waals surface area contributed by atoms with Crippen molar-refractivity contribution < 1.29 is 8.42 Å². The van der Waals surface area contributed by atoms with Crippen molar-refractivity contribution >= 4 is 26.5 Å². The van der Waals surface area contributed by atoms with Crippen molar-refractivity contribution in [3.63, 3.8) is 0 Å². The maximum Gasteiger partial charge on any atom is 0.283 e. The molecule has 0 atom stereocenters.